The topological polar surface area (TPSA) is 56.8 Å². The lowest BCUT2D eigenvalue weighted by atomic mass is 9.89. The number of aryl methyl sites for hydroxylation is 1. The van der Waals surface area contributed by atoms with Crippen molar-refractivity contribution >= 4 is 11.8 Å². The van der Waals surface area contributed by atoms with Crippen LogP contribution in [0.4, 0.5) is 8.78 Å². The van der Waals surface area contributed by atoms with Crippen LogP contribution in [-0.2, 0) is 0 Å². The van der Waals surface area contributed by atoms with Crippen molar-refractivity contribution in [3.05, 3.63) is 64.5 Å². The van der Waals surface area contributed by atoms with Gasteiger partial charge in [-0.3, -0.25) is 14.6 Å². The van der Waals surface area contributed by atoms with Crippen LogP contribution >= 0.6 is 0 Å². The van der Waals surface area contributed by atoms with E-state index in [1.165, 1.54) is 38.4 Å². The highest BCUT2D eigenvalue weighted by atomic mass is 19.1. The smallest absolute Gasteiger partial charge is 0.256 e. The Kier molecular flexibility index (Phi) is 7.84. The van der Waals surface area contributed by atoms with Gasteiger partial charge in [-0.2, -0.15) is 0 Å². The molecule has 3 aliphatic rings. The number of likely N-dealkylation sites (tertiary alicyclic amines) is 3. The van der Waals surface area contributed by atoms with E-state index in [-0.39, 0.29) is 17.4 Å². The number of aromatic nitrogens is 1. The van der Waals surface area contributed by atoms with Gasteiger partial charge in [-0.15, -0.1) is 0 Å². The monoisotopic (exact) mass is 510 g/mol. The summed E-state index contributed by atoms with van der Waals surface area (Å²) in [6.45, 7) is 6.69. The Hall–Kier alpha value is -2.87. The number of benzene rings is 1. The molecule has 0 saturated carbocycles. The van der Waals surface area contributed by atoms with Crippen LogP contribution < -0.4 is 0 Å². The van der Waals surface area contributed by atoms with Crippen LogP contribution in [0.3, 0.4) is 0 Å². The van der Waals surface area contributed by atoms with Crippen molar-refractivity contribution in [2.75, 3.05) is 39.3 Å². The number of piperidine rings is 3. The summed E-state index contributed by atoms with van der Waals surface area (Å²) in [6.07, 6.45) is 7.20. The molecule has 3 aliphatic heterocycles. The van der Waals surface area contributed by atoms with Crippen molar-refractivity contribution in [1.82, 2.24) is 19.7 Å². The van der Waals surface area contributed by atoms with Gasteiger partial charge in [-0.05, 0) is 82.8 Å². The minimum absolute atomic E-state index is 0.0477. The van der Waals surface area contributed by atoms with E-state index in [1.54, 1.807) is 4.90 Å². The molecule has 5 rings (SSSR count). The lowest BCUT2D eigenvalue weighted by Crippen LogP contribution is -2.48. The van der Waals surface area contributed by atoms with Crippen LogP contribution in [0.15, 0.2) is 30.3 Å². The Morgan fingerprint density at radius 2 is 1.38 bits per heavy atom. The quantitative estimate of drug-likeness (QED) is 0.594. The van der Waals surface area contributed by atoms with Crippen molar-refractivity contribution in [3.63, 3.8) is 0 Å². The minimum atomic E-state index is -0.843. The molecule has 0 bridgehead atoms. The summed E-state index contributed by atoms with van der Waals surface area (Å²) in [5.41, 5.74) is 2.22. The summed E-state index contributed by atoms with van der Waals surface area (Å²) in [7, 11) is 0. The highest BCUT2D eigenvalue weighted by Gasteiger charge is 2.32. The number of amides is 2. The number of carbonyl (C=O) groups excluding carboxylic acids is 2. The number of hydrogen-bond acceptors (Lipinski definition) is 4. The van der Waals surface area contributed by atoms with Gasteiger partial charge in [-0.1, -0.05) is 6.42 Å². The fraction of sp³-hybridized carbons (Fsp3) is 0.552. The predicted octanol–water partition coefficient (Wildman–Crippen LogP) is 4.78. The van der Waals surface area contributed by atoms with Crippen LogP contribution in [-0.4, -0.2) is 76.8 Å². The minimum Gasteiger partial charge on any atom is -0.339 e. The second kappa shape index (κ2) is 11.3. The maximum atomic E-state index is 14.1. The molecule has 2 aromatic rings. The van der Waals surface area contributed by atoms with Crippen LogP contribution in [0.2, 0.25) is 0 Å². The molecule has 0 atom stereocenters. The third kappa shape index (κ3) is 5.69. The van der Waals surface area contributed by atoms with Crippen molar-refractivity contribution in [1.29, 1.82) is 0 Å². The van der Waals surface area contributed by atoms with Gasteiger partial charge in [0.05, 0.1) is 16.8 Å². The molecule has 3 fully saturated rings. The van der Waals surface area contributed by atoms with Gasteiger partial charge in [0.15, 0.2) is 0 Å². The summed E-state index contributed by atoms with van der Waals surface area (Å²) in [5, 5.41) is 0. The van der Waals surface area contributed by atoms with E-state index in [2.05, 4.69) is 4.90 Å². The molecule has 0 spiro atoms. The molecule has 0 unspecified atom stereocenters. The lowest BCUT2D eigenvalue weighted by molar-refractivity contribution is 0.0584. The van der Waals surface area contributed by atoms with Crippen molar-refractivity contribution in [2.45, 2.75) is 63.8 Å². The van der Waals surface area contributed by atoms with Gasteiger partial charge in [0.1, 0.15) is 11.6 Å². The Labute approximate surface area is 217 Å². The molecule has 8 heteroatoms. The average molecular weight is 511 g/mol. The fourth-order valence-corrected chi connectivity index (χ4v) is 6.15. The number of halogens is 2. The van der Waals surface area contributed by atoms with E-state index >= 15 is 0 Å². The second-order valence-electron chi connectivity index (χ2n) is 10.7. The zero-order chi connectivity index (χ0) is 25.9. The number of hydrogen-bond donors (Lipinski definition) is 0. The SMILES string of the molecule is Cc1ccc(C(=O)N2CCC(N3CCCCC3)CC2)c(C2CCN(C(=O)c3ccc(F)cc3F)CC2)n1. The van der Waals surface area contributed by atoms with Gasteiger partial charge in [-0.25, -0.2) is 8.78 Å². The van der Waals surface area contributed by atoms with E-state index in [4.69, 9.17) is 4.98 Å². The molecule has 1 aromatic heterocycles. The van der Waals surface area contributed by atoms with Crippen LogP contribution in [0.25, 0.3) is 0 Å². The fourth-order valence-electron chi connectivity index (χ4n) is 6.15. The van der Waals surface area contributed by atoms with Crippen molar-refractivity contribution in [2.24, 2.45) is 0 Å². The number of pyridine rings is 1. The summed E-state index contributed by atoms with van der Waals surface area (Å²) in [5.74, 6) is -1.88. The Morgan fingerprint density at radius 3 is 2.03 bits per heavy atom. The molecule has 0 aliphatic carbocycles. The van der Waals surface area contributed by atoms with E-state index in [9.17, 15) is 18.4 Å². The molecule has 198 valence electrons. The zero-order valence-corrected chi connectivity index (χ0v) is 21.6. The first-order valence-corrected chi connectivity index (χ1v) is 13.7. The van der Waals surface area contributed by atoms with E-state index < -0.39 is 17.5 Å². The number of carbonyl (C=O) groups is 2. The predicted molar refractivity (Wildman–Crippen MR) is 138 cm³/mol. The number of rotatable bonds is 4. The maximum absolute atomic E-state index is 14.1. The van der Waals surface area contributed by atoms with Gasteiger partial charge < -0.3 is 14.7 Å². The number of nitrogens with zero attached hydrogens (tertiary/aromatic N) is 4. The summed E-state index contributed by atoms with van der Waals surface area (Å²) in [4.78, 5) is 37.4. The molecule has 3 saturated heterocycles. The van der Waals surface area contributed by atoms with Gasteiger partial charge in [0, 0.05) is 49.9 Å². The molecule has 1 aromatic carbocycles. The lowest BCUT2D eigenvalue weighted by Gasteiger charge is -2.40. The largest absolute Gasteiger partial charge is 0.339 e. The van der Waals surface area contributed by atoms with Crippen LogP contribution in [0.1, 0.15) is 83.0 Å². The average Bonchev–Trinajstić information content (AvgIpc) is 2.93. The molecule has 0 radical (unpaired) electrons. The highest BCUT2D eigenvalue weighted by Crippen LogP contribution is 2.32. The van der Waals surface area contributed by atoms with Gasteiger partial charge in [0.25, 0.3) is 11.8 Å². The first kappa shape index (κ1) is 25.8. The Morgan fingerprint density at radius 1 is 0.784 bits per heavy atom. The molecular formula is C29H36F2N4O2. The zero-order valence-electron chi connectivity index (χ0n) is 21.6. The third-order valence-electron chi connectivity index (χ3n) is 8.28. The molecule has 4 heterocycles. The second-order valence-corrected chi connectivity index (χ2v) is 10.7. The standard InChI is InChI=1S/C29H36F2N4O2/c1-20-5-7-25(29(37)35-17-11-23(12-18-35)33-13-3-2-4-14-33)27(32-20)21-9-15-34(16-10-21)28(36)24-8-6-22(30)19-26(24)31/h5-8,19,21,23H,2-4,9-18H2,1H3. The maximum Gasteiger partial charge on any atom is 0.256 e. The molecule has 6 nitrogen and oxygen atoms in total. The first-order chi connectivity index (χ1) is 17.9. The highest BCUT2D eigenvalue weighted by molar-refractivity contribution is 5.96. The summed E-state index contributed by atoms with van der Waals surface area (Å²) >= 11 is 0. The van der Waals surface area contributed by atoms with Crippen LogP contribution in [0, 0.1) is 18.6 Å². The van der Waals surface area contributed by atoms with Crippen molar-refractivity contribution in [3.8, 4) is 0 Å². The van der Waals surface area contributed by atoms with Gasteiger partial charge >= 0.3 is 0 Å². The van der Waals surface area contributed by atoms with Crippen LogP contribution in [0.5, 0.6) is 0 Å². The van der Waals surface area contributed by atoms with E-state index in [0.717, 1.165) is 49.5 Å². The summed E-state index contributed by atoms with van der Waals surface area (Å²) < 4.78 is 27.4. The third-order valence-corrected chi connectivity index (χ3v) is 8.28. The molecule has 2 amide bonds. The van der Waals surface area contributed by atoms with Crippen molar-refractivity contribution < 1.29 is 18.4 Å². The normalized spacial score (nSPS) is 20.3. The van der Waals surface area contributed by atoms with E-state index in [0.29, 0.717) is 37.5 Å². The Balaban J connectivity index is 1.24. The molecule has 37 heavy (non-hydrogen) atoms. The summed E-state index contributed by atoms with van der Waals surface area (Å²) in [6, 6.07) is 7.42. The first-order valence-electron chi connectivity index (χ1n) is 13.7. The molecule has 0 N–H and O–H groups in total. The van der Waals surface area contributed by atoms with Gasteiger partial charge in [0.2, 0.25) is 0 Å². The van der Waals surface area contributed by atoms with E-state index in [1.807, 2.05) is 24.0 Å². The molecular weight excluding hydrogens is 474 g/mol. The Bertz CT molecular complexity index is 1130.